The fraction of sp³-hybridized carbons (Fsp3) is 0.400. The summed E-state index contributed by atoms with van der Waals surface area (Å²) in [5, 5.41) is 7.25. The summed E-state index contributed by atoms with van der Waals surface area (Å²) in [5.41, 5.74) is 9.17. The number of hydrogen-bond acceptors (Lipinski definition) is 7. The lowest BCUT2D eigenvalue weighted by atomic mass is 10.2. The van der Waals surface area contributed by atoms with Gasteiger partial charge in [0.2, 0.25) is 5.95 Å². The Labute approximate surface area is 174 Å². The molecular formula is C20H26N8O2. The van der Waals surface area contributed by atoms with Crippen LogP contribution in [0.4, 0.5) is 22.2 Å². The van der Waals surface area contributed by atoms with E-state index in [2.05, 4.69) is 32.2 Å². The van der Waals surface area contributed by atoms with E-state index >= 15 is 0 Å². The maximum absolute atomic E-state index is 12.8. The van der Waals surface area contributed by atoms with Crippen LogP contribution >= 0.6 is 0 Å². The van der Waals surface area contributed by atoms with E-state index in [1.807, 2.05) is 37.1 Å². The number of aromatic nitrogens is 4. The van der Waals surface area contributed by atoms with Crippen molar-refractivity contribution in [3.8, 4) is 5.75 Å². The first kappa shape index (κ1) is 19.7. The zero-order valence-electron chi connectivity index (χ0n) is 17.6. The Morgan fingerprint density at radius 2 is 2.10 bits per heavy atom. The first-order chi connectivity index (χ1) is 14.4. The molecule has 0 aliphatic carbocycles. The smallest absolute Gasteiger partial charge is 0.321 e. The van der Waals surface area contributed by atoms with E-state index in [-0.39, 0.29) is 18.0 Å². The molecule has 1 aromatic carbocycles. The number of rotatable bonds is 3. The SMILES string of the molecule is COc1ccc(NC(=O)N2CCN(c3nc(N)nc4cnn(C)c34)[C@@H](C)C2)cc1C. The van der Waals surface area contributed by atoms with Crippen molar-refractivity contribution in [2.45, 2.75) is 19.9 Å². The Balaban J connectivity index is 1.49. The summed E-state index contributed by atoms with van der Waals surface area (Å²) in [7, 11) is 3.49. The van der Waals surface area contributed by atoms with E-state index in [0.717, 1.165) is 28.3 Å². The van der Waals surface area contributed by atoms with Crippen molar-refractivity contribution in [1.82, 2.24) is 24.6 Å². The molecule has 10 heteroatoms. The third kappa shape index (κ3) is 3.56. The number of nitrogens with zero attached hydrogens (tertiary/aromatic N) is 6. The summed E-state index contributed by atoms with van der Waals surface area (Å²) in [4.78, 5) is 25.5. The monoisotopic (exact) mass is 410 g/mol. The van der Waals surface area contributed by atoms with Gasteiger partial charge in [0.25, 0.3) is 0 Å². The number of aryl methyl sites for hydroxylation is 2. The molecular weight excluding hydrogens is 384 g/mol. The second-order valence-corrected chi connectivity index (χ2v) is 7.51. The fourth-order valence-electron chi connectivity index (χ4n) is 3.89. The molecule has 158 valence electrons. The average Bonchev–Trinajstić information content (AvgIpc) is 3.08. The molecule has 0 unspecified atom stereocenters. The highest BCUT2D eigenvalue weighted by Gasteiger charge is 2.30. The number of anilines is 3. The number of carbonyl (C=O) groups is 1. The number of piperazine rings is 1. The molecule has 4 rings (SSSR count). The second kappa shape index (κ2) is 7.69. The molecule has 2 aromatic heterocycles. The molecule has 10 nitrogen and oxygen atoms in total. The highest BCUT2D eigenvalue weighted by molar-refractivity contribution is 5.90. The Bertz CT molecular complexity index is 1100. The standard InChI is InChI=1S/C20H26N8O2/c1-12-9-14(5-6-16(12)30-4)23-20(29)27-7-8-28(13(2)11-27)18-17-15(10-22-26(17)3)24-19(21)25-18/h5-6,9-10,13H,7-8,11H2,1-4H3,(H,23,29)(H2,21,24,25)/t13-/m0/s1. The largest absolute Gasteiger partial charge is 0.496 e. The van der Waals surface area contributed by atoms with Gasteiger partial charge < -0.3 is 25.6 Å². The van der Waals surface area contributed by atoms with Crippen LogP contribution in [0.25, 0.3) is 11.0 Å². The molecule has 1 aliphatic heterocycles. The summed E-state index contributed by atoms with van der Waals surface area (Å²) < 4.78 is 7.03. The molecule has 0 saturated carbocycles. The molecule has 1 atom stereocenters. The molecule has 3 aromatic rings. The molecule has 3 N–H and O–H groups in total. The fourth-order valence-corrected chi connectivity index (χ4v) is 3.89. The summed E-state index contributed by atoms with van der Waals surface area (Å²) in [5.74, 6) is 1.75. The number of amides is 2. The van der Waals surface area contributed by atoms with E-state index in [1.54, 1.807) is 18.0 Å². The lowest BCUT2D eigenvalue weighted by Gasteiger charge is -2.40. The molecule has 0 radical (unpaired) electrons. The Hall–Kier alpha value is -3.56. The van der Waals surface area contributed by atoms with Gasteiger partial charge in [-0.2, -0.15) is 10.1 Å². The van der Waals surface area contributed by atoms with Crippen LogP contribution in [-0.2, 0) is 7.05 Å². The Kier molecular flexibility index (Phi) is 5.06. The Morgan fingerprint density at radius 3 is 2.80 bits per heavy atom. The van der Waals surface area contributed by atoms with Gasteiger partial charge in [0, 0.05) is 38.4 Å². The van der Waals surface area contributed by atoms with E-state index in [1.165, 1.54) is 0 Å². The number of ether oxygens (including phenoxy) is 1. The predicted octanol–water partition coefficient (Wildman–Crippen LogP) is 2.01. The average molecular weight is 410 g/mol. The first-order valence-electron chi connectivity index (χ1n) is 9.80. The van der Waals surface area contributed by atoms with Crippen molar-refractivity contribution in [3.63, 3.8) is 0 Å². The summed E-state index contributed by atoms with van der Waals surface area (Å²) in [6.45, 7) is 5.77. The van der Waals surface area contributed by atoms with Gasteiger partial charge in [-0.15, -0.1) is 0 Å². The van der Waals surface area contributed by atoms with E-state index in [0.29, 0.717) is 25.2 Å². The number of carbonyl (C=O) groups excluding carboxylic acids is 1. The highest BCUT2D eigenvalue weighted by Crippen LogP contribution is 2.28. The van der Waals surface area contributed by atoms with Crippen LogP contribution in [0.3, 0.4) is 0 Å². The van der Waals surface area contributed by atoms with Crippen molar-refractivity contribution >= 4 is 34.5 Å². The number of benzene rings is 1. The topological polar surface area (TPSA) is 114 Å². The highest BCUT2D eigenvalue weighted by atomic mass is 16.5. The minimum atomic E-state index is -0.126. The van der Waals surface area contributed by atoms with Crippen LogP contribution < -0.4 is 20.7 Å². The number of nitrogens with one attached hydrogen (secondary N) is 1. The minimum Gasteiger partial charge on any atom is -0.496 e. The van der Waals surface area contributed by atoms with E-state index in [9.17, 15) is 4.79 Å². The Morgan fingerprint density at radius 1 is 1.30 bits per heavy atom. The van der Waals surface area contributed by atoms with Gasteiger partial charge in [-0.3, -0.25) is 4.68 Å². The summed E-state index contributed by atoms with van der Waals surface area (Å²) in [6.07, 6.45) is 1.68. The third-order valence-electron chi connectivity index (χ3n) is 5.42. The lowest BCUT2D eigenvalue weighted by molar-refractivity contribution is 0.200. The number of fused-ring (bicyclic) bond motifs is 1. The van der Waals surface area contributed by atoms with Crippen LogP contribution in [0.2, 0.25) is 0 Å². The number of methoxy groups -OCH3 is 1. The van der Waals surface area contributed by atoms with Crippen molar-refractivity contribution in [1.29, 1.82) is 0 Å². The zero-order valence-corrected chi connectivity index (χ0v) is 17.6. The van der Waals surface area contributed by atoms with Crippen molar-refractivity contribution in [2.75, 3.05) is 42.7 Å². The van der Waals surface area contributed by atoms with Gasteiger partial charge in [-0.25, -0.2) is 9.78 Å². The van der Waals surface area contributed by atoms with Crippen LogP contribution in [0.1, 0.15) is 12.5 Å². The van der Waals surface area contributed by atoms with Gasteiger partial charge in [0.1, 0.15) is 16.8 Å². The maximum atomic E-state index is 12.8. The molecule has 30 heavy (non-hydrogen) atoms. The molecule has 3 heterocycles. The number of urea groups is 1. The van der Waals surface area contributed by atoms with Crippen molar-refractivity contribution < 1.29 is 9.53 Å². The number of nitrogen functional groups attached to an aromatic ring is 1. The summed E-state index contributed by atoms with van der Waals surface area (Å²) in [6, 6.07) is 5.52. The number of nitrogens with two attached hydrogens (primary N) is 1. The minimum absolute atomic E-state index is 0.0505. The van der Waals surface area contributed by atoms with Crippen LogP contribution in [0.5, 0.6) is 5.75 Å². The van der Waals surface area contributed by atoms with Gasteiger partial charge in [0.05, 0.1) is 13.3 Å². The van der Waals surface area contributed by atoms with Gasteiger partial charge >= 0.3 is 6.03 Å². The normalized spacial score (nSPS) is 16.7. The lowest BCUT2D eigenvalue weighted by Crippen LogP contribution is -2.55. The molecule has 1 aliphatic rings. The number of hydrogen-bond donors (Lipinski definition) is 2. The quantitative estimate of drug-likeness (QED) is 0.679. The van der Waals surface area contributed by atoms with Crippen LogP contribution in [0, 0.1) is 6.92 Å². The molecule has 2 amide bonds. The molecule has 1 fully saturated rings. The van der Waals surface area contributed by atoms with Crippen molar-refractivity contribution in [3.05, 3.63) is 30.0 Å². The van der Waals surface area contributed by atoms with Gasteiger partial charge in [-0.05, 0) is 37.6 Å². The van der Waals surface area contributed by atoms with Crippen molar-refractivity contribution in [2.24, 2.45) is 7.05 Å². The molecule has 0 bridgehead atoms. The maximum Gasteiger partial charge on any atom is 0.321 e. The van der Waals surface area contributed by atoms with Crippen LogP contribution in [-0.4, -0.2) is 63.5 Å². The molecule has 0 spiro atoms. The second-order valence-electron chi connectivity index (χ2n) is 7.51. The van der Waals surface area contributed by atoms with E-state index in [4.69, 9.17) is 10.5 Å². The summed E-state index contributed by atoms with van der Waals surface area (Å²) >= 11 is 0. The predicted molar refractivity (Wildman–Crippen MR) is 116 cm³/mol. The third-order valence-corrected chi connectivity index (χ3v) is 5.42. The van der Waals surface area contributed by atoms with Crippen LogP contribution in [0.15, 0.2) is 24.4 Å². The molecule has 1 saturated heterocycles. The van der Waals surface area contributed by atoms with Gasteiger partial charge in [0.15, 0.2) is 5.82 Å². The van der Waals surface area contributed by atoms with E-state index < -0.39 is 0 Å². The van der Waals surface area contributed by atoms with Gasteiger partial charge in [-0.1, -0.05) is 0 Å². The first-order valence-corrected chi connectivity index (χ1v) is 9.80. The zero-order chi connectivity index (χ0) is 21.4.